The monoisotopic (exact) mass is 239 g/mol. The lowest BCUT2D eigenvalue weighted by molar-refractivity contribution is 0.577. The summed E-state index contributed by atoms with van der Waals surface area (Å²) in [5.41, 5.74) is 5.36. The molecule has 1 aromatic heterocycles. The molecule has 0 aliphatic heterocycles. The van der Waals surface area contributed by atoms with Crippen LogP contribution in [0, 0.1) is 11.6 Å². The number of anilines is 1. The quantitative estimate of drug-likeness (QED) is 0.874. The first-order valence-electron chi connectivity index (χ1n) is 4.35. The molecule has 6 heteroatoms. The average molecular weight is 239 g/mol. The fourth-order valence-corrected chi connectivity index (χ4v) is 1.82. The number of rotatable bonds is 2. The number of hydrogen-bond acceptors (Lipinski definition) is 4. The predicted molar refractivity (Wildman–Crippen MR) is 56.9 cm³/mol. The van der Waals surface area contributed by atoms with Crippen LogP contribution in [-0.4, -0.2) is 9.97 Å². The van der Waals surface area contributed by atoms with Gasteiger partial charge in [0.05, 0.1) is 17.3 Å². The Hall–Kier alpha value is -1.69. The van der Waals surface area contributed by atoms with E-state index < -0.39 is 11.6 Å². The summed E-state index contributed by atoms with van der Waals surface area (Å²) < 4.78 is 26.2. The second kappa shape index (κ2) is 4.44. The van der Waals surface area contributed by atoms with Crippen molar-refractivity contribution < 1.29 is 8.78 Å². The molecule has 0 fully saturated rings. The molecule has 0 amide bonds. The molecule has 0 aliphatic rings. The number of aromatic nitrogens is 2. The van der Waals surface area contributed by atoms with Crippen LogP contribution in [0.4, 0.5) is 14.6 Å². The van der Waals surface area contributed by atoms with E-state index in [9.17, 15) is 8.78 Å². The maximum absolute atomic E-state index is 13.3. The lowest BCUT2D eigenvalue weighted by Gasteiger charge is -2.02. The number of halogens is 2. The summed E-state index contributed by atoms with van der Waals surface area (Å²) in [6.45, 7) is 0. The Morgan fingerprint density at radius 1 is 1.12 bits per heavy atom. The lowest BCUT2D eigenvalue weighted by Crippen LogP contribution is -1.92. The average Bonchev–Trinajstić information content (AvgIpc) is 2.27. The molecule has 0 bridgehead atoms. The van der Waals surface area contributed by atoms with Gasteiger partial charge in [0.25, 0.3) is 0 Å². The molecule has 0 radical (unpaired) electrons. The summed E-state index contributed by atoms with van der Waals surface area (Å²) >= 11 is 0.993. The van der Waals surface area contributed by atoms with Crippen molar-refractivity contribution in [1.82, 2.24) is 9.97 Å². The molecule has 2 N–H and O–H groups in total. The van der Waals surface area contributed by atoms with E-state index in [1.165, 1.54) is 12.4 Å². The highest BCUT2D eigenvalue weighted by Gasteiger charge is 2.06. The van der Waals surface area contributed by atoms with Gasteiger partial charge in [0.1, 0.15) is 22.5 Å². The van der Waals surface area contributed by atoms with Crippen LogP contribution in [-0.2, 0) is 0 Å². The molecule has 0 unspecified atom stereocenters. The predicted octanol–water partition coefficient (Wildman–Crippen LogP) is 2.49. The van der Waals surface area contributed by atoms with Gasteiger partial charge in [0.15, 0.2) is 0 Å². The Balaban J connectivity index is 2.26. The fraction of sp³-hybridized carbons (Fsp3) is 0. The lowest BCUT2D eigenvalue weighted by atomic mass is 10.3. The third-order valence-corrected chi connectivity index (χ3v) is 2.71. The minimum atomic E-state index is -0.495. The fourth-order valence-electron chi connectivity index (χ4n) is 1.05. The van der Waals surface area contributed by atoms with Crippen LogP contribution in [0.2, 0.25) is 0 Å². The van der Waals surface area contributed by atoms with Crippen molar-refractivity contribution in [3.05, 3.63) is 42.2 Å². The first-order valence-corrected chi connectivity index (χ1v) is 5.17. The van der Waals surface area contributed by atoms with E-state index in [4.69, 9.17) is 5.73 Å². The smallest absolute Gasteiger partial charge is 0.141 e. The van der Waals surface area contributed by atoms with E-state index in [-0.39, 0.29) is 10.7 Å². The molecule has 2 aromatic rings. The standard InChI is InChI=1S/C10H7F2N3S/c11-6-1-2-7(12)8(3-6)16-10-5-14-9(13)4-15-10/h1-5H,(H2,13,14). The van der Waals surface area contributed by atoms with Crippen LogP contribution in [0.25, 0.3) is 0 Å². The Morgan fingerprint density at radius 2 is 1.94 bits per heavy atom. The van der Waals surface area contributed by atoms with Crippen LogP contribution in [0.5, 0.6) is 0 Å². The molecule has 3 nitrogen and oxygen atoms in total. The van der Waals surface area contributed by atoms with Gasteiger partial charge in [-0.3, -0.25) is 0 Å². The molecule has 0 saturated heterocycles. The van der Waals surface area contributed by atoms with E-state index in [0.717, 1.165) is 30.0 Å². The van der Waals surface area contributed by atoms with Gasteiger partial charge < -0.3 is 5.73 Å². The Morgan fingerprint density at radius 3 is 2.62 bits per heavy atom. The highest BCUT2D eigenvalue weighted by Crippen LogP contribution is 2.28. The van der Waals surface area contributed by atoms with E-state index in [2.05, 4.69) is 9.97 Å². The first kappa shape index (κ1) is 10.8. The molecule has 0 aliphatic carbocycles. The zero-order chi connectivity index (χ0) is 11.5. The van der Waals surface area contributed by atoms with Crippen LogP contribution >= 0.6 is 11.8 Å². The zero-order valence-corrected chi connectivity index (χ0v) is 8.84. The minimum Gasteiger partial charge on any atom is -0.382 e. The summed E-state index contributed by atoms with van der Waals surface area (Å²) in [4.78, 5) is 7.90. The third kappa shape index (κ3) is 2.46. The van der Waals surface area contributed by atoms with Gasteiger partial charge in [-0.25, -0.2) is 18.7 Å². The molecule has 1 heterocycles. The maximum atomic E-state index is 13.3. The number of nitrogens with zero attached hydrogens (tertiary/aromatic N) is 2. The molecule has 82 valence electrons. The van der Waals surface area contributed by atoms with Crippen molar-refractivity contribution in [2.24, 2.45) is 0 Å². The van der Waals surface area contributed by atoms with Gasteiger partial charge in [-0.15, -0.1) is 0 Å². The summed E-state index contributed by atoms with van der Waals surface area (Å²) in [5.74, 6) is -0.707. The molecule has 2 rings (SSSR count). The summed E-state index contributed by atoms with van der Waals surface area (Å²) in [6.07, 6.45) is 2.77. The number of nitrogen functional groups attached to an aromatic ring is 1. The first-order chi connectivity index (χ1) is 7.65. The largest absolute Gasteiger partial charge is 0.382 e. The number of nitrogens with two attached hydrogens (primary N) is 1. The number of benzene rings is 1. The summed E-state index contributed by atoms with van der Waals surface area (Å²) in [6, 6.07) is 3.24. The third-order valence-electron chi connectivity index (χ3n) is 1.76. The van der Waals surface area contributed by atoms with Gasteiger partial charge in [-0.05, 0) is 18.2 Å². The van der Waals surface area contributed by atoms with Crippen LogP contribution < -0.4 is 5.73 Å². The van der Waals surface area contributed by atoms with Crippen molar-refractivity contribution in [3.63, 3.8) is 0 Å². The molecule has 0 atom stereocenters. The van der Waals surface area contributed by atoms with E-state index in [1.54, 1.807) is 0 Å². The highest BCUT2D eigenvalue weighted by atomic mass is 32.2. The van der Waals surface area contributed by atoms with Crippen LogP contribution in [0.15, 0.2) is 40.5 Å². The second-order valence-corrected chi connectivity index (χ2v) is 4.02. The van der Waals surface area contributed by atoms with E-state index >= 15 is 0 Å². The van der Waals surface area contributed by atoms with Crippen molar-refractivity contribution in [3.8, 4) is 0 Å². The molecule has 0 saturated carbocycles. The highest BCUT2D eigenvalue weighted by molar-refractivity contribution is 7.99. The van der Waals surface area contributed by atoms with E-state index in [0.29, 0.717) is 5.03 Å². The molecular formula is C10H7F2N3S. The molecule has 1 aromatic carbocycles. The Bertz CT molecular complexity index is 502. The Labute approximate surface area is 94.7 Å². The van der Waals surface area contributed by atoms with E-state index in [1.807, 2.05) is 0 Å². The van der Waals surface area contributed by atoms with Crippen molar-refractivity contribution in [2.75, 3.05) is 5.73 Å². The van der Waals surface area contributed by atoms with Crippen molar-refractivity contribution >= 4 is 17.6 Å². The van der Waals surface area contributed by atoms with Gasteiger partial charge in [0.2, 0.25) is 0 Å². The summed E-state index contributed by atoms with van der Waals surface area (Å²) in [5, 5.41) is 0.457. The Kier molecular flexibility index (Phi) is 3.00. The SMILES string of the molecule is Nc1cnc(Sc2cc(F)ccc2F)cn1. The van der Waals surface area contributed by atoms with Crippen molar-refractivity contribution in [1.29, 1.82) is 0 Å². The van der Waals surface area contributed by atoms with Gasteiger partial charge >= 0.3 is 0 Å². The van der Waals surface area contributed by atoms with Gasteiger partial charge in [-0.2, -0.15) is 0 Å². The zero-order valence-electron chi connectivity index (χ0n) is 8.02. The normalized spacial score (nSPS) is 10.4. The molecular weight excluding hydrogens is 232 g/mol. The van der Waals surface area contributed by atoms with Crippen molar-refractivity contribution in [2.45, 2.75) is 9.92 Å². The molecule has 0 spiro atoms. The minimum absolute atomic E-state index is 0.166. The van der Waals surface area contributed by atoms with Gasteiger partial charge in [-0.1, -0.05) is 11.8 Å². The molecule has 16 heavy (non-hydrogen) atoms. The maximum Gasteiger partial charge on any atom is 0.141 e. The summed E-state index contributed by atoms with van der Waals surface area (Å²) in [7, 11) is 0. The second-order valence-electron chi connectivity index (χ2n) is 2.96. The van der Waals surface area contributed by atoms with Gasteiger partial charge in [0, 0.05) is 0 Å². The van der Waals surface area contributed by atoms with Crippen LogP contribution in [0.1, 0.15) is 0 Å². The van der Waals surface area contributed by atoms with Crippen LogP contribution in [0.3, 0.4) is 0 Å². The topological polar surface area (TPSA) is 51.8 Å². The number of hydrogen-bond donors (Lipinski definition) is 1.